The fourth-order valence-electron chi connectivity index (χ4n) is 2.61. The molecule has 0 radical (unpaired) electrons. The number of hydrogen-bond donors (Lipinski definition) is 1. The van der Waals surface area contributed by atoms with Crippen LogP contribution >= 0.6 is 0 Å². The Hall–Kier alpha value is -0.0800. The van der Waals surface area contributed by atoms with Crippen LogP contribution in [0.25, 0.3) is 0 Å². The molecule has 1 rings (SSSR count). The first-order valence-corrected chi connectivity index (χ1v) is 6.88. The number of rotatable bonds is 5. The van der Waals surface area contributed by atoms with E-state index >= 15 is 0 Å². The van der Waals surface area contributed by atoms with Crippen LogP contribution in [0.15, 0.2) is 0 Å². The van der Waals surface area contributed by atoms with E-state index in [9.17, 15) is 0 Å². The van der Waals surface area contributed by atoms with Gasteiger partial charge in [-0.15, -0.1) is 0 Å². The third-order valence-corrected chi connectivity index (χ3v) is 3.39. The van der Waals surface area contributed by atoms with Gasteiger partial charge in [0.25, 0.3) is 0 Å². The zero-order chi connectivity index (χ0) is 12.1. The number of nitrogens with one attached hydrogen (secondary N) is 1. The van der Waals surface area contributed by atoms with Crippen LogP contribution in [0.4, 0.5) is 0 Å². The third kappa shape index (κ3) is 5.31. The molecule has 1 saturated heterocycles. The minimum atomic E-state index is 0.415. The van der Waals surface area contributed by atoms with Crippen molar-refractivity contribution in [3.05, 3.63) is 0 Å². The molecule has 1 N–H and O–H groups in total. The van der Waals surface area contributed by atoms with Gasteiger partial charge in [-0.2, -0.15) is 0 Å². The summed E-state index contributed by atoms with van der Waals surface area (Å²) in [6.07, 6.45) is 5.77. The summed E-state index contributed by atoms with van der Waals surface area (Å²) in [6.45, 7) is 11.3. The van der Waals surface area contributed by atoms with Crippen molar-refractivity contribution in [2.45, 2.75) is 84.6 Å². The highest BCUT2D eigenvalue weighted by molar-refractivity contribution is 4.80. The largest absolute Gasteiger partial charge is 0.375 e. The van der Waals surface area contributed by atoms with Crippen molar-refractivity contribution < 1.29 is 4.74 Å². The Morgan fingerprint density at radius 1 is 1.06 bits per heavy atom. The van der Waals surface area contributed by atoms with Crippen molar-refractivity contribution in [3.63, 3.8) is 0 Å². The van der Waals surface area contributed by atoms with E-state index in [0.29, 0.717) is 24.3 Å². The lowest BCUT2D eigenvalue weighted by Gasteiger charge is -2.34. The van der Waals surface area contributed by atoms with Crippen LogP contribution in [0.3, 0.4) is 0 Å². The normalized spacial score (nSPS) is 33.0. The zero-order valence-electron chi connectivity index (χ0n) is 11.6. The molecule has 96 valence electrons. The lowest BCUT2D eigenvalue weighted by atomic mass is 9.97. The summed E-state index contributed by atoms with van der Waals surface area (Å²) in [5.74, 6) is 0.816. The van der Waals surface area contributed by atoms with Crippen LogP contribution in [0.1, 0.15) is 60.3 Å². The molecule has 1 aliphatic rings. The molecule has 2 heteroatoms. The standard InChI is InChI=1S/C14H29NO/c1-10(2)6-7-11(3)15-14-8-12(4)16-13(5)9-14/h10-15H,6-9H2,1-5H3. The highest BCUT2D eigenvalue weighted by Crippen LogP contribution is 2.20. The van der Waals surface area contributed by atoms with Crippen LogP contribution in [-0.4, -0.2) is 24.3 Å². The maximum Gasteiger partial charge on any atom is 0.0565 e. The zero-order valence-corrected chi connectivity index (χ0v) is 11.6. The predicted molar refractivity (Wildman–Crippen MR) is 69.7 cm³/mol. The summed E-state index contributed by atoms with van der Waals surface area (Å²) < 4.78 is 5.76. The third-order valence-electron chi connectivity index (χ3n) is 3.39. The molecule has 0 amide bonds. The lowest BCUT2D eigenvalue weighted by Crippen LogP contribution is -2.44. The highest BCUT2D eigenvalue weighted by Gasteiger charge is 2.24. The molecule has 3 atom stereocenters. The van der Waals surface area contributed by atoms with Gasteiger partial charge in [-0.25, -0.2) is 0 Å². The summed E-state index contributed by atoms with van der Waals surface area (Å²) in [4.78, 5) is 0. The monoisotopic (exact) mass is 227 g/mol. The Labute approximate surface area is 101 Å². The van der Waals surface area contributed by atoms with Crippen molar-refractivity contribution in [1.29, 1.82) is 0 Å². The van der Waals surface area contributed by atoms with E-state index in [4.69, 9.17) is 4.74 Å². The fraction of sp³-hybridized carbons (Fsp3) is 1.00. The molecule has 0 aromatic rings. The Morgan fingerprint density at radius 2 is 1.62 bits per heavy atom. The van der Waals surface area contributed by atoms with E-state index in [2.05, 4.69) is 39.9 Å². The molecular weight excluding hydrogens is 198 g/mol. The molecule has 1 fully saturated rings. The summed E-state index contributed by atoms with van der Waals surface area (Å²) >= 11 is 0. The van der Waals surface area contributed by atoms with Crippen molar-refractivity contribution in [2.75, 3.05) is 0 Å². The molecule has 16 heavy (non-hydrogen) atoms. The van der Waals surface area contributed by atoms with Crippen LogP contribution in [0.5, 0.6) is 0 Å². The molecule has 0 bridgehead atoms. The SMILES string of the molecule is CC(C)CCC(C)NC1CC(C)OC(C)C1. The summed E-state index contributed by atoms with van der Waals surface area (Å²) in [5, 5.41) is 3.76. The van der Waals surface area contributed by atoms with E-state index in [-0.39, 0.29) is 0 Å². The van der Waals surface area contributed by atoms with Crippen LogP contribution in [0.2, 0.25) is 0 Å². The molecule has 0 aromatic carbocycles. The Bertz CT molecular complexity index is 183. The topological polar surface area (TPSA) is 21.3 Å². The van der Waals surface area contributed by atoms with Gasteiger partial charge in [-0.1, -0.05) is 13.8 Å². The summed E-state index contributed by atoms with van der Waals surface area (Å²) in [7, 11) is 0. The van der Waals surface area contributed by atoms with Gasteiger partial charge in [0.15, 0.2) is 0 Å². The van der Waals surface area contributed by atoms with E-state index in [1.165, 1.54) is 12.8 Å². The average Bonchev–Trinajstić information content (AvgIpc) is 2.12. The van der Waals surface area contributed by atoms with Gasteiger partial charge in [-0.3, -0.25) is 0 Å². The minimum Gasteiger partial charge on any atom is -0.375 e. The Morgan fingerprint density at radius 3 is 2.12 bits per heavy atom. The first-order valence-electron chi connectivity index (χ1n) is 6.88. The van der Waals surface area contributed by atoms with E-state index in [1.807, 2.05) is 0 Å². The molecule has 0 saturated carbocycles. The van der Waals surface area contributed by atoms with E-state index in [1.54, 1.807) is 0 Å². The highest BCUT2D eigenvalue weighted by atomic mass is 16.5. The molecule has 1 heterocycles. The Balaban J connectivity index is 2.24. The maximum absolute atomic E-state index is 5.76. The van der Waals surface area contributed by atoms with Gasteiger partial charge < -0.3 is 10.1 Å². The van der Waals surface area contributed by atoms with Gasteiger partial charge in [0, 0.05) is 12.1 Å². The molecule has 0 aliphatic carbocycles. The smallest absolute Gasteiger partial charge is 0.0565 e. The van der Waals surface area contributed by atoms with E-state index in [0.717, 1.165) is 18.8 Å². The van der Waals surface area contributed by atoms with Gasteiger partial charge in [0.2, 0.25) is 0 Å². The van der Waals surface area contributed by atoms with Gasteiger partial charge in [0.1, 0.15) is 0 Å². The number of ether oxygens (including phenoxy) is 1. The van der Waals surface area contributed by atoms with Crippen LogP contribution in [0, 0.1) is 5.92 Å². The number of hydrogen-bond acceptors (Lipinski definition) is 2. The second-order valence-electron chi connectivity index (χ2n) is 5.96. The van der Waals surface area contributed by atoms with Crippen molar-refractivity contribution >= 4 is 0 Å². The van der Waals surface area contributed by atoms with Crippen molar-refractivity contribution in [1.82, 2.24) is 5.32 Å². The molecule has 0 spiro atoms. The first-order chi connectivity index (χ1) is 7.47. The maximum atomic E-state index is 5.76. The molecule has 1 aliphatic heterocycles. The molecule has 0 aromatic heterocycles. The lowest BCUT2D eigenvalue weighted by molar-refractivity contribution is -0.0434. The average molecular weight is 227 g/mol. The van der Waals surface area contributed by atoms with Gasteiger partial charge in [0.05, 0.1) is 12.2 Å². The minimum absolute atomic E-state index is 0.415. The summed E-state index contributed by atoms with van der Waals surface area (Å²) in [5.41, 5.74) is 0. The predicted octanol–water partition coefficient (Wildman–Crippen LogP) is 3.36. The van der Waals surface area contributed by atoms with Crippen LogP contribution < -0.4 is 5.32 Å². The fourth-order valence-corrected chi connectivity index (χ4v) is 2.61. The van der Waals surface area contributed by atoms with Gasteiger partial charge in [-0.05, 0) is 52.4 Å². The van der Waals surface area contributed by atoms with Crippen molar-refractivity contribution in [2.24, 2.45) is 5.92 Å². The van der Waals surface area contributed by atoms with Crippen molar-refractivity contribution in [3.8, 4) is 0 Å². The van der Waals surface area contributed by atoms with Crippen LogP contribution in [-0.2, 0) is 4.74 Å². The first kappa shape index (κ1) is 14.0. The summed E-state index contributed by atoms with van der Waals surface area (Å²) in [6, 6.07) is 1.30. The van der Waals surface area contributed by atoms with E-state index < -0.39 is 0 Å². The molecular formula is C14H29NO. The Kier molecular flexibility index (Phi) is 5.77. The van der Waals surface area contributed by atoms with Gasteiger partial charge >= 0.3 is 0 Å². The molecule has 3 unspecified atom stereocenters. The second-order valence-corrected chi connectivity index (χ2v) is 5.96. The molecule has 2 nitrogen and oxygen atoms in total. The quantitative estimate of drug-likeness (QED) is 0.777. The second kappa shape index (κ2) is 6.61.